The van der Waals surface area contributed by atoms with Crippen LogP contribution in [-0.2, 0) is 11.8 Å². The van der Waals surface area contributed by atoms with Crippen molar-refractivity contribution in [2.24, 2.45) is 7.05 Å². The highest BCUT2D eigenvalue weighted by molar-refractivity contribution is 14.0. The highest BCUT2D eigenvalue weighted by atomic mass is 127. The molecule has 6 nitrogen and oxygen atoms in total. The minimum absolute atomic E-state index is 0. The fourth-order valence-electron chi connectivity index (χ4n) is 3.84. The second kappa shape index (κ2) is 11.0. The first-order valence-electron chi connectivity index (χ1n) is 11.0. The molecule has 0 atom stereocenters. The number of rotatable bonds is 2. The molecule has 0 N–H and O–H groups in total. The molecule has 0 spiro atoms. The zero-order valence-electron chi connectivity index (χ0n) is 19.6. The Morgan fingerprint density at radius 3 is 2.31 bits per heavy atom. The third-order valence-electron chi connectivity index (χ3n) is 6.04. The van der Waals surface area contributed by atoms with Crippen LogP contribution in [0.4, 0.5) is 13.2 Å². The Hall–Kier alpha value is -2.56. The van der Waals surface area contributed by atoms with E-state index in [1.165, 1.54) is 10.6 Å². The molecule has 0 saturated carbocycles. The molecule has 1 saturated heterocycles. The van der Waals surface area contributed by atoms with Crippen molar-refractivity contribution in [2.75, 3.05) is 13.2 Å². The Morgan fingerprint density at radius 2 is 1.74 bits per heavy atom. The van der Waals surface area contributed by atoms with Crippen LogP contribution in [0, 0.1) is 13.8 Å². The summed E-state index contributed by atoms with van der Waals surface area (Å²) < 4.78 is 45.4. The summed E-state index contributed by atoms with van der Waals surface area (Å²) in [5.74, 6) is 0.224. The van der Waals surface area contributed by atoms with E-state index in [1.807, 2.05) is 26.0 Å². The zero-order valence-corrected chi connectivity index (χ0v) is 22.0. The lowest BCUT2D eigenvalue weighted by atomic mass is 9.88. The summed E-state index contributed by atoms with van der Waals surface area (Å²) in [5, 5.41) is 0. The molecule has 10 heteroatoms. The average Bonchev–Trinajstić information content (AvgIpc) is 2.76. The maximum Gasteiger partial charge on any atom is 0.420 e. The van der Waals surface area contributed by atoms with Gasteiger partial charge in [-0.15, -0.1) is 29.7 Å². The standard InChI is InChI=1S/C19H18F3N3O.C6H7NO.HI/c1-10-11(2)24-18-17(23-10)15(13-7-14(8-13)19(20,21)22)9-16(25-18)12-3-5-26-6-4-12;1-7-5-3-2-4-6(7)8;/h9,12H,3-7H2,1-2H3;2-5H,1H3;1H. The van der Waals surface area contributed by atoms with Crippen molar-refractivity contribution in [2.45, 2.75) is 45.2 Å². The molecule has 3 aromatic rings. The predicted octanol–water partition coefficient (Wildman–Crippen LogP) is 5.41. The van der Waals surface area contributed by atoms with Gasteiger partial charge in [-0.2, -0.15) is 13.2 Å². The summed E-state index contributed by atoms with van der Waals surface area (Å²) in [5.41, 5.74) is 6.49. The highest BCUT2D eigenvalue weighted by Gasteiger charge is 2.38. The fraction of sp³-hybridized carbons (Fsp3) is 0.400. The van der Waals surface area contributed by atoms with E-state index in [0.717, 1.165) is 29.9 Å². The minimum Gasteiger partial charge on any atom is -0.381 e. The van der Waals surface area contributed by atoms with Gasteiger partial charge in [0.05, 0.1) is 17.0 Å². The first kappa shape index (κ1) is 27.0. The van der Waals surface area contributed by atoms with Gasteiger partial charge in [0.15, 0.2) is 5.65 Å². The van der Waals surface area contributed by atoms with Crippen molar-refractivity contribution in [3.8, 4) is 0 Å². The largest absolute Gasteiger partial charge is 0.420 e. The second-order valence-electron chi connectivity index (χ2n) is 8.45. The number of allylic oxidation sites excluding steroid dienone is 1. The fourth-order valence-corrected chi connectivity index (χ4v) is 3.84. The molecule has 0 amide bonds. The van der Waals surface area contributed by atoms with Gasteiger partial charge in [-0.25, -0.2) is 15.0 Å². The van der Waals surface area contributed by atoms with Crippen LogP contribution in [0.25, 0.3) is 16.7 Å². The second-order valence-corrected chi connectivity index (χ2v) is 8.45. The molecular weight excluding hydrogens is 572 g/mol. The summed E-state index contributed by atoms with van der Waals surface area (Å²) >= 11 is 0. The number of hydrogen-bond donors (Lipinski definition) is 0. The van der Waals surface area contributed by atoms with Gasteiger partial charge in [-0.1, -0.05) is 6.07 Å². The number of alkyl halides is 3. The zero-order chi connectivity index (χ0) is 24.5. The van der Waals surface area contributed by atoms with E-state index < -0.39 is 11.7 Å². The molecule has 0 radical (unpaired) electrons. The van der Waals surface area contributed by atoms with Crippen molar-refractivity contribution < 1.29 is 17.9 Å². The molecule has 186 valence electrons. The Labute approximate surface area is 218 Å². The van der Waals surface area contributed by atoms with Crippen molar-refractivity contribution in [1.82, 2.24) is 19.5 Å². The summed E-state index contributed by atoms with van der Waals surface area (Å²) in [6.45, 7) is 5.02. The molecule has 4 heterocycles. The summed E-state index contributed by atoms with van der Waals surface area (Å²) in [4.78, 5) is 24.3. The maximum atomic E-state index is 12.8. The average molecular weight is 598 g/mol. The molecule has 0 unspecified atom stereocenters. The Bertz CT molecular complexity index is 1360. The van der Waals surface area contributed by atoms with Crippen LogP contribution in [-0.4, -0.2) is 38.9 Å². The number of aryl methyl sites for hydroxylation is 3. The maximum absolute atomic E-state index is 12.8. The van der Waals surface area contributed by atoms with E-state index >= 15 is 0 Å². The van der Waals surface area contributed by atoms with Crippen LogP contribution in [0.15, 0.2) is 46.6 Å². The molecule has 1 fully saturated rings. The van der Waals surface area contributed by atoms with Crippen molar-refractivity contribution in [3.63, 3.8) is 0 Å². The topological polar surface area (TPSA) is 69.9 Å². The molecule has 1 aliphatic heterocycles. The van der Waals surface area contributed by atoms with E-state index in [0.29, 0.717) is 35.5 Å². The SMILES string of the molecule is Cc1nc2nc(C3CCOCC3)cc(C3=C=C(C(F)(F)F)C3)c2nc1C.Cn1ccccc1=O.I. The summed E-state index contributed by atoms with van der Waals surface area (Å²) in [7, 11) is 1.72. The van der Waals surface area contributed by atoms with E-state index in [1.54, 1.807) is 19.3 Å². The number of pyridine rings is 2. The molecule has 3 aromatic heterocycles. The van der Waals surface area contributed by atoms with Crippen LogP contribution in [0.1, 0.15) is 47.8 Å². The normalized spacial score (nSPS) is 15.8. The Balaban J connectivity index is 0.000000325. The van der Waals surface area contributed by atoms with Gasteiger partial charge in [-0.05, 0) is 38.8 Å². The number of nitrogens with zero attached hydrogens (tertiary/aromatic N) is 4. The van der Waals surface area contributed by atoms with E-state index in [9.17, 15) is 18.0 Å². The molecule has 35 heavy (non-hydrogen) atoms. The number of halogens is 4. The first-order chi connectivity index (χ1) is 16.1. The third kappa shape index (κ3) is 6.17. The van der Waals surface area contributed by atoms with Gasteiger partial charge in [0.25, 0.3) is 0 Å². The Kier molecular flexibility index (Phi) is 8.50. The van der Waals surface area contributed by atoms with Crippen LogP contribution in [0.5, 0.6) is 0 Å². The smallest absolute Gasteiger partial charge is 0.381 e. The lowest BCUT2D eigenvalue weighted by Crippen LogP contribution is -2.18. The van der Waals surface area contributed by atoms with Crippen LogP contribution in [0.2, 0.25) is 0 Å². The number of hydrogen-bond acceptors (Lipinski definition) is 5. The lowest BCUT2D eigenvalue weighted by Gasteiger charge is -2.24. The van der Waals surface area contributed by atoms with E-state index in [2.05, 4.69) is 20.7 Å². The number of ether oxygens (including phenoxy) is 1. The number of fused-ring (bicyclic) bond motifs is 1. The molecule has 2 aliphatic rings. The van der Waals surface area contributed by atoms with Gasteiger partial charge in [0, 0.05) is 61.7 Å². The van der Waals surface area contributed by atoms with Crippen molar-refractivity contribution in [3.05, 3.63) is 74.8 Å². The van der Waals surface area contributed by atoms with Crippen molar-refractivity contribution >= 4 is 40.7 Å². The molecular formula is C25H26F3IN4O2. The van der Waals surface area contributed by atoms with Gasteiger partial charge < -0.3 is 9.30 Å². The van der Waals surface area contributed by atoms with E-state index in [4.69, 9.17) is 4.74 Å². The van der Waals surface area contributed by atoms with Gasteiger partial charge >= 0.3 is 6.18 Å². The summed E-state index contributed by atoms with van der Waals surface area (Å²) in [6.07, 6.45) is -1.06. The molecule has 0 bridgehead atoms. The Morgan fingerprint density at radius 1 is 1.09 bits per heavy atom. The third-order valence-corrected chi connectivity index (χ3v) is 6.04. The van der Waals surface area contributed by atoms with Crippen LogP contribution >= 0.6 is 24.0 Å². The van der Waals surface area contributed by atoms with Gasteiger partial charge in [0.1, 0.15) is 5.52 Å². The monoisotopic (exact) mass is 598 g/mol. The van der Waals surface area contributed by atoms with E-state index in [-0.39, 0.29) is 41.9 Å². The van der Waals surface area contributed by atoms with Gasteiger partial charge in [-0.3, -0.25) is 4.79 Å². The molecule has 1 aliphatic carbocycles. The van der Waals surface area contributed by atoms with Crippen molar-refractivity contribution in [1.29, 1.82) is 0 Å². The van der Waals surface area contributed by atoms with Crippen LogP contribution < -0.4 is 5.56 Å². The quantitative estimate of drug-likeness (QED) is 0.292. The first-order valence-corrected chi connectivity index (χ1v) is 11.0. The predicted molar refractivity (Wildman–Crippen MR) is 138 cm³/mol. The molecule has 5 rings (SSSR count). The number of aromatic nitrogens is 4. The highest BCUT2D eigenvalue weighted by Crippen LogP contribution is 2.41. The van der Waals surface area contributed by atoms with Crippen LogP contribution in [0.3, 0.4) is 0 Å². The molecule has 0 aromatic carbocycles. The summed E-state index contributed by atoms with van der Waals surface area (Å²) in [6, 6.07) is 6.95. The lowest BCUT2D eigenvalue weighted by molar-refractivity contribution is -0.0934. The minimum atomic E-state index is -4.33. The van der Waals surface area contributed by atoms with Gasteiger partial charge in [0.2, 0.25) is 5.56 Å².